The van der Waals surface area contributed by atoms with E-state index in [1.807, 2.05) is 9.80 Å². The van der Waals surface area contributed by atoms with Gasteiger partial charge in [0, 0.05) is 32.6 Å². The van der Waals surface area contributed by atoms with E-state index in [0.717, 1.165) is 37.9 Å². The molecule has 0 unspecified atom stereocenters. The molecule has 2 aliphatic heterocycles. The highest BCUT2D eigenvalue weighted by atomic mass is 19.1. The second-order valence-electron chi connectivity index (χ2n) is 6.84. The summed E-state index contributed by atoms with van der Waals surface area (Å²) in [4.78, 5) is 28.7. The van der Waals surface area contributed by atoms with Gasteiger partial charge in [0.2, 0.25) is 11.8 Å². The van der Waals surface area contributed by atoms with Gasteiger partial charge in [0.25, 0.3) is 0 Å². The van der Waals surface area contributed by atoms with Crippen molar-refractivity contribution in [1.82, 2.24) is 9.80 Å². The van der Waals surface area contributed by atoms with Gasteiger partial charge in [0.1, 0.15) is 5.82 Å². The van der Waals surface area contributed by atoms with Crippen molar-refractivity contribution >= 4 is 11.8 Å². The number of carbonyl (C=O) groups excluding carboxylic acids is 2. The topological polar surface area (TPSA) is 40.6 Å². The Morgan fingerprint density at radius 1 is 1.00 bits per heavy atom. The second kappa shape index (κ2) is 7.77. The molecule has 0 radical (unpaired) electrons. The van der Waals surface area contributed by atoms with Gasteiger partial charge in [0.15, 0.2) is 0 Å². The van der Waals surface area contributed by atoms with Crippen LogP contribution in [-0.4, -0.2) is 47.8 Å². The van der Waals surface area contributed by atoms with Gasteiger partial charge < -0.3 is 9.80 Å². The molecule has 0 aliphatic carbocycles. The number of likely N-dealkylation sites (tertiary alicyclic amines) is 2. The number of amides is 2. The first-order chi connectivity index (χ1) is 11.6. The Morgan fingerprint density at radius 3 is 2.42 bits per heavy atom. The number of carbonyl (C=O) groups is 2. The van der Waals surface area contributed by atoms with Crippen molar-refractivity contribution in [1.29, 1.82) is 0 Å². The first-order valence-electron chi connectivity index (χ1n) is 8.94. The molecule has 0 bridgehead atoms. The van der Waals surface area contributed by atoms with E-state index in [9.17, 15) is 14.0 Å². The summed E-state index contributed by atoms with van der Waals surface area (Å²) in [5.74, 6) is 0.0263. The fraction of sp³-hybridized carbons (Fsp3) is 0.579. The van der Waals surface area contributed by atoms with Crippen molar-refractivity contribution in [3.8, 4) is 0 Å². The van der Waals surface area contributed by atoms with Crippen molar-refractivity contribution < 1.29 is 14.0 Å². The number of aryl methyl sites for hydroxylation is 1. The lowest BCUT2D eigenvalue weighted by molar-refractivity contribution is -0.136. The molecule has 1 aromatic rings. The van der Waals surface area contributed by atoms with E-state index >= 15 is 0 Å². The molecule has 5 heteroatoms. The van der Waals surface area contributed by atoms with E-state index in [4.69, 9.17) is 0 Å². The normalized spacial score (nSPS) is 21.1. The molecule has 24 heavy (non-hydrogen) atoms. The van der Waals surface area contributed by atoms with Crippen molar-refractivity contribution in [3.63, 3.8) is 0 Å². The van der Waals surface area contributed by atoms with Gasteiger partial charge in [-0.25, -0.2) is 4.39 Å². The van der Waals surface area contributed by atoms with Gasteiger partial charge in [-0.3, -0.25) is 9.59 Å². The predicted octanol–water partition coefficient (Wildman–Crippen LogP) is 2.62. The summed E-state index contributed by atoms with van der Waals surface area (Å²) in [6, 6.07) is 6.27. The van der Waals surface area contributed by atoms with Gasteiger partial charge >= 0.3 is 0 Å². The lowest BCUT2D eigenvalue weighted by Crippen LogP contribution is -2.41. The third-order valence-corrected chi connectivity index (χ3v) is 5.10. The lowest BCUT2D eigenvalue weighted by Gasteiger charge is -2.29. The van der Waals surface area contributed by atoms with Crippen LogP contribution in [-0.2, 0) is 16.0 Å². The molecule has 4 nitrogen and oxygen atoms in total. The zero-order valence-electron chi connectivity index (χ0n) is 14.0. The molecule has 0 saturated carbocycles. The highest BCUT2D eigenvalue weighted by Crippen LogP contribution is 2.22. The highest BCUT2D eigenvalue weighted by Gasteiger charge is 2.33. The third-order valence-electron chi connectivity index (χ3n) is 5.10. The maximum atomic E-state index is 12.9. The van der Waals surface area contributed by atoms with Crippen LogP contribution in [0, 0.1) is 11.7 Å². The van der Waals surface area contributed by atoms with Crippen molar-refractivity contribution in [2.75, 3.05) is 26.2 Å². The average Bonchev–Trinajstić information content (AvgIpc) is 3.11. The minimum Gasteiger partial charge on any atom is -0.342 e. The van der Waals surface area contributed by atoms with Crippen LogP contribution >= 0.6 is 0 Å². The maximum absolute atomic E-state index is 12.9. The van der Waals surface area contributed by atoms with E-state index < -0.39 is 0 Å². The molecule has 2 fully saturated rings. The first kappa shape index (κ1) is 16.9. The number of benzene rings is 1. The second-order valence-corrected chi connectivity index (χ2v) is 6.84. The van der Waals surface area contributed by atoms with E-state index in [0.29, 0.717) is 25.9 Å². The zero-order chi connectivity index (χ0) is 16.9. The number of hydrogen-bond donors (Lipinski definition) is 0. The minimum absolute atomic E-state index is 0.0297. The minimum atomic E-state index is -0.260. The standard InChI is InChI=1S/C19H25FN2O2/c20-17-7-4-15(5-8-17)6-9-18(23)22-13-10-16(14-22)19(24)21-11-2-1-3-12-21/h4-5,7-8,16H,1-3,6,9-14H2/t16-/m0/s1. The molecule has 0 spiro atoms. The van der Waals surface area contributed by atoms with Gasteiger partial charge in [-0.15, -0.1) is 0 Å². The molecule has 0 aromatic heterocycles. The molecule has 2 saturated heterocycles. The fourth-order valence-electron chi connectivity index (χ4n) is 3.62. The van der Waals surface area contributed by atoms with Gasteiger partial charge in [-0.2, -0.15) is 0 Å². The molecule has 2 heterocycles. The Labute approximate surface area is 142 Å². The number of hydrogen-bond acceptors (Lipinski definition) is 2. The Bertz CT molecular complexity index is 582. The average molecular weight is 332 g/mol. The lowest BCUT2D eigenvalue weighted by atomic mass is 10.0. The van der Waals surface area contributed by atoms with E-state index in [-0.39, 0.29) is 23.5 Å². The Morgan fingerprint density at radius 2 is 1.71 bits per heavy atom. The molecule has 0 N–H and O–H groups in total. The van der Waals surface area contributed by atoms with Crippen molar-refractivity contribution in [2.45, 2.75) is 38.5 Å². The SMILES string of the molecule is O=C(CCc1ccc(F)cc1)N1CC[C@H](C(=O)N2CCCCC2)C1. The van der Waals surface area contributed by atoms with Crippen LogP contribution in [0.5, 0.6) is 0 Å². The number of piperidine rings is 1. The first-order valence-corrected chi connectivity index (χ1v) is 8.94. The zero-order valence-corrected chi connectivity index (χ0v) is 14.0. The van der Waals surface area contributed by atoms with E-state index in [1.54, 1.807) is 12.1 Å². The number of halogens is 1. The summed E-state index contributed by atoms with van der Waals surface area (Å²) < 4.78 is 12.9. The van der Waals surface area contributed by atoms with E-state index in [1.165, 1.54) is 18.6 Å². The summed E-state index contributed by atoms with van der Waals surface area (Å²) >= 11 is 0. The van der Waals surface area contributed by atoms with Crippen LogP contribution in [0.4, 0.5) is 4.39 Å². The summed E-state index contributed by atoms with van der Waals surface area (Å²) in [5, 5.41) is 0. The highest BCUT2D eigenvalue weighted by molar-refractivity contribution is 5.82. The Hall–Kier alpha value is -1.91. The number of rotatable bonds is 4. The molecular weight excluding hydrogens is 307 g/mol. The van der Waals surface area contributed by atoms with Crippen LogP contribution in [0.15, 0.2) is 24.3 Å². The largest absolute Gasteiger partial charge is 0.342 e. The van der Waals surface area contributed by atoms with Crippen LogP contribution in [0.25, 0.3) is 0 Å². The smallest absolute Gasteiger partial charge is 0.227 e. The van der Waals surface area contributed by atoms with Crippen LogP contribution < -0.4 is 0 Å². The van der Waals surface area contributed by atoms with Crippen LogP contribution in [0.2, 0.25) is 0 Å². The van der Waals surface area contributed by atoms with Crippen LogP contribution in [0.3, 0.4) is 0 Å². The van der Waals surface area contributed by atoms with E-state index in [2.05, 4.69) is 0 Å². The third kappa shape index (κ3) is 4.13. The Kier molecular flexibility index (Phi) is 5.48. The van der Waals surface area contributed by atoms with Crippen molar-refractivity contribution in [2.24, 2.45) is 5.92 Å². The molecule has 2 amide bonds. The monoisotopic (exact) mass is 332 g/mol. The summed E-state index contributed by atoms with van der Waals surface area (Å²) in [6.45, 7) is 2.96. The van der Waals surface area contributed by atoms with Gasteiger partial charge in [-0.05, 0) is 49.8 Å². The maximum Gasteiger partial charge on any atom is 0.227 e. The molecular formula is C19H25FN2O2. The Balaban J connectivity index is 1.46. The molecule has 3 rings (SSSR count). The summed E-state index contributed by atoms with van der Waals surface area (Å²) in [6.07, 6.45) is 5.20. The fourth-order valence-corrected chi connectivity index (χ4v) is 3.62. The van der Waals surface area contributed by atoms with Crippen LogP contribution in [0.1, 0.15) is 37.7 Å². The van der Waals surface area contributed by atoms with Crippen molar-refractivity contribution in [3.05, 3.63) is 35.6 Å². The van der Waals surface area contributed by atoms with Gasteiger partial charge in [0.05, 0.1) is 5.92 Å². The molecule has 2 aliphatic rings. The quantitative estimate of drug-likeness (QED) is 0.850. The van der Waals surface area contributed by atoms with Gasteiger partial charge in [-0.1, -0.05) is 12.1 Å². The molecule has 1 aromatic carbocycles. The summed E-state index contributed by atoms with van der Waals surface area (Å²) in [5.41, 5.74) is 0.963. The predicted molar refractivity (Wildman–Crippen MR) is 89.8 cm³/mol. The summed E-state index contributed by atoms with van der Waals surface area (Å²) in [7, 11) is 0. The molecule has 1 atom stereocenters. The number of nitrogens with zero attached hydrogens (tertiary/aromatic N) is 2. The molecule has 130 valence electrons.